The molecular formula is C34H25ClF4N2O9S2. The maximum atomic E-state index is 12.8. The van der Waals surface area contributed by atoms with Gasteiger partial charge in [-0.15, -0.1) is 0 Å². The fraction of sp³-hybridized carbons (Fsp3) is 0.118. The second-order valence-corrected chi connectivity index (χ2v) is 14.7. The molecule has 0 bridgehead atoms. The van der Waals surface area contributed by atoms with Gasteiger partial charge in [0.25, 0.3) is 26.0 Å². The molecule has 2 aliphatic heterocycles. The van der Waals surface area contributed by atoms with E-state index in [2.05, 4.69) is 9.47 Å². The van der Waals surface area contributed by atoms with Crippen molar-refractivity contribution < 1.29 is 58.6 Å². The van der Waals surface area contributed by atoms with Crippen LogP contribution in [0.25, 0.3) is 9.81 Å². The average Bonchev–Trinajstić information content (AvgIpc) is 3.38. The van der Waals surface area contributed by atoms with Crippen LogP contribution < -0.4 is 9.47 Å². The molecule has 2 aliphatic rings. The SMILES string of the molecule is O=C1C(Cl)=C(c2ccccc2)S(=O)(=O)N1Cc1ccc(OC(F)F)cc1.O=C1C(O)=C(c2ccccc2)S(=O)(=O)N1Cc1ccc(OC(F)F)cc1. The standard InChI is InChI=1S/C17H12ClF2NO4S.C17H13F2NO5S/c18-14-15(12-4-2-1-3-5-12)26(23,24)21(16(14)22)10-11-6-8-13(9-7-11)25-17(19)20;18-17(19)25-13-8-6-11(7-9-13)10-20-16(22)14(21)15(26(20,23)24)12-4-2-1-3-5-12/h1-9,17H,10H2;1-9,17,21H,10H2. The van der Waals surface area contributed by atoms with Crippen LogP contribution in [-0.2, 0) is 42.7 Å². The number of carbonyl (C=O) groups excluding carboxylic acids is 2. The molecule has 2 amide bonds. The fourth-order valence-electron chi connectivity index (χ4n) is 5.03. The molecule has 2 heterocycles. The third kappa shape index (κ3) is 8.06. The van der Waals surface area contributed by atoms with Crippen LogP contribution in [0.3, 0.4) is 0 Å². The highest BCUT2D eigenvalue weighted by atomic mass is 35.5. The van der Waals surface area contributed by atoms with Crippen LogP contribution in [-0.4, -0.2) is 55.6 Å². The molecule has 4 aromatic carbocycles. The number of nitrogens with zero attached hydrogens (tertiary/aromatic N) is 2. The molecule has 0 spiro atoms. The summed E-state index contributed by atoms with van der Waals surface area (Å²) in [5.74, 6) is -2.89. The van der Waals surface area contributed by atoms with Crippen molar-refractivity contribution in [2.45, 2.75) is 26.3 Å². The molecule has 272 valence electrons. The Balaban J connectivity index is 0.000000201. The van der Waals surface area contributed by atoms with Crippen LogP contribution in [0.15, 0.2) is 120 Å². The van der Waals surface area contributed by atoms with Gasteiger partial charge in [-0.2, -0.15) is 17.6 Å². The number of ether oxygens (including phenoxy) is 2. The van der Waals surface area contributed by atoms with Gasteiger partial charge in [0.05, 0.1) is 13.1 Å². The van der Waals surface area contributed by atoms with Gasteiger partial charge < -0.3 is 14.6 Å². The van der Waals surface area contributed by atoms with Gasteiger partial charge >= 0.3 is 19.1 Å². The Labute approximate surface area is 299 Å². The molecule has 0 saturated carbocycles. The Morgan fingerprint density at radius 1 is 0.577 bits per heavy atom. The van der Waals surface area contributed by atoms with Crippen LogP contribution in [0, 0.1) is 0 Å². The zero-order valence-electron chi connectivity index (χ0n) is 26.3. The second kappa shape index (κ2) is 15.5. The van der Waals surface area contributed by atoms with Crippen molar-refractivity contribution in [1.29, 1.82) is 0 Å². The van der Waals surface area contributed by atoms with E-state index in [9.17, 15) is 49.1 Å². The molecule has 6 rings (SSSR count). The highest BCUT2D eigenvalue weighted by molar-refractivity contribution is 8.00. The summed E-state index contributed by atoms with van der Waals surface area (Å²) < 4.78 is 109. The molecule has 0 saturated heterocycles. The number of halogens is 5. The molecule has 52 heavy (non-hydrogen) atoms. The maximum Gasteiger partial charge on any atom is 0.387 e. The van der Waals surface area contributed by atoms with E-state index >= 15 is 0 Å². The Morgan fingerprint density at radius 3 is 1.35 bits per heavy atom. The number of rotatable bonds is 10. The molecule has 0 radical (unpaired) electrons. The average molecular weight is 781 g/mol. The fourth-order valence-corrected chi connectivity index (χ4v) is 8.79. The summed E-state index contributed by atoms with van der Waals surface area (Å²) in [6.45, 7) is -6.56. The maximum absolute atomic E-state index is 12.8. The Hall–Kier alpha value is -5.39. The van der Waals surface area contributed by atoms with Crippen molar-refractivity contribution >= 4 is 53.3 Å². The van der Waals surface area contributed by atoms with E-state index in [1.165, 1.54) is 60.7 Å². The Kier molecular flexibility index (Phi) is 11.3. The minimum atomic E-state index is -4.24. The van der Waals surface area contributed by atoms with Crippen molar-refractivity contribution in [2.24, 2.45) is 0 Å². The van der Waals surface area contributed by atoms with Gasteiger partial charge in [-0.1, -0.05) is 96.5 Å². The lowest BCUT2D eigenvalue weighted by atomic mass is 10.2. The minimum absolute atomic E-state index is 0.0690. The molecule has 0 aromatic heterocycles. The number of alkyl halides is 4. The van der Waals surface area contributed by atoms with E-state index in [-0.39, 0.29) is 40.1 Å². The van der Waals surface area contributed by atoms with Gasteiger partial charge in [-0.05, 0) is 46.5 Å². The van der Waals surface area contributed by atoms with Gasteiger partial charge in [-0.25, -0.2) is 25.4 Å². The zero-order chi connectivity index (χ0) is 37.8. The number of hydrogen-bond donors (Lipinski definition) is 1. The van der Waals surface area contributed by atoms with Gasteiger partial charge in [-0.3, -0.25) is 9.59 Å². The predicted octanol–water partition coefficient (Wildman–Crippen LogP) is 6.45. The Morgan fingerprint density at radius 2 is 0.942 bits per heavy atom. The van der Waals surface area contributed by atoms with E-state index in [0.717, 1.165) is 0 Å². The molecule has 0 fully saturated rings. The molecule has 11 nitrogen and oxygen atoms in total. The van der Waals surface area contributed by atoms with Gasteiger partial charge in [0, 0.05) is 0 Å². The first-order valence-electron chi connectivity index (χ1n) is 14.8. The summed E-state index contributed by atoms with van der Waals surface area (Å²) in [7, 11) is -8.37. The number of benzene rings is 4. The van der Waals surface area contributed by atoms with Crippen molar-refractivity contribution in [3.63, 3.8) is 0 Å². The first-order chi connectivity index (χ1) is 24.6. The molecule has 18 heteroatoms. The zero-order valence-corrected chi connectivity index (χ0v) is 28.7. The molecular weight excluding hydrogens is 756 g/mol. The number of carbonyl (C=O) groups is 2. The van der Waals surface area contributed by atoms with E-state index < -0.39 is 55.7 Å². The number of aliphatic hydroxyl groups is 1. The van der Waals surface area contributed by atoms with E-state index in [1.807, 2.05) is 0 Å². The lowest BCUT2D eigenvalue weighted by Gasteiger charge is -2.17. The van der Waals surface area contributed by atoms with Crippen molar-refractivity contribution in [2.75, 3.05) is 0 Å². The number of hydrogen-bond acceptors (Lipinski definition) is 9. The van der Waals surface area contributed by atoms with E-state index in [4.69, 9.17) is 11.6 Å². The molecule has 0 unspecified atom stereocenters. The van der Waals surface area contributed by atoms with Crippen molar-refractivity contribution in [3.05, 3.63) is 142 Å². The highest BCUT2D eigenvalue weighted by Gasteiger charge is 2.45. The smallest absolute Gasteiger partial charge is 0.387 e. The van der Waals surface area contributed by atoms with Crippen LogP contribution >= 0.6 is 11.6 Å². The minimum Gasteiger partial charge on any atom is -0.502 e. The van der Waals surface area contributed by atoms with Crippen LogP contribution in [0.5, 0.6) is 11.5 Å². The molecule has 4 aromatic rings. The first kappa shape index (κ1) is 37.9. The summed E-state index contributed by atoms with van der Waals surface area (Å²) in [6.07, 6.45) is 0. The second-order valence-electron chi connectivity index (χ2n) is 10.7. The van der Waals surface area contributed by atoms with Crippen molar-refractivity contribution in [1.82, 2.24) is 8.61 Å². The summed E-state index contributed by atoms with van der Waals surface area (Å²) in [6, 6.07) is 26.4. The molecule has 0 atom stereocenters. The summed E-state index contributed by atoms with van der Waals surface area (Å²) in [5.41, 5.74) is 1.29. The molecule has 1 N–H and O–H groups in total. The quantitative estimate of drug-likeness (QED) is 0.179. The largest absolute Gasteiger partial charge is 0.502 e. The molecule has 0 aliphatic carbocycles. The lowest BCUT2D eigenvalue weighted by molar-refractivity contribution is -0.125. The summed E-state index contributed by atoms with van der Waals surface area (Å²) in [4.78, 5) is 23.9. The summed E-state index contributed by atoms with van der Waals surface area (Å²) in [5, 5.41) is 9.66. The van der Waals surface area contributed by atoms with E-state index in [1.54, 1.807) is 48.5 Å². The lowest BCUT2D eigenvalue weighted by Crippen LogP contribution is -2.31. The van der Waals surface area contributed by atoms with E-state index in [0.29, 0.717) is 25.3 Å². The van der Waals surface area contributed by atoms with Crippen molar-refractivity contribution in [3.8, 4) is 11.5 Å². The topological polar surface area (TPSA) is 148 Å². The van der Waals surface area contributed by atoms with Gasteiger partial charge in [0.1, 0.15) is 26.3 Å². The normalized spacial score (nSPS) is 16.4. The highest BCUT2D eigenvalue weighted by Crippen LogP contribution is 2.39. The third-order valence-electron chi connectivity index (χ3n) is 7.38. The van der Waals surface area contributed by atoms with Crippen LogP contribution in [0.1, 0.15) is 22.3 Å². The predicted molar refractivity (Wildman–Crippen MR) is 180 cm³/mol. The number of amides is 2. The van der Waals surface area contributed by atoms with Crippen LogP contribution in [0.4, 0.5) is 17.6 Å². The van der Waals surface area contributed by atoms with Crippen LogP contribution in [0.2, 0.25) is 0 Å². The Bertz CT molecular complexity index is 2080. The summed E-state index contributed by atoms with van der Waals surface area (Å²) >= 11 is 6.00. The number of aliphatic hydroxyl groups excluding tert-OH is 1. The monoisotopic (exact) mass is 780 g/mol. The van der Waals surface area contributed by atoms with Gasteiger partial charge in [0.15, 0.2) is 0 Å². The first-order valence-corrected chi connectivity index (χ1v) is 18.0. The third-order valence-corrected chi connectivity index (χ3v) is 11.5. The number of sulfonamides is 2. The van der Waals surface area contributed by atoms with Gasteiger partial charge in [0.2, 0.25) is 5.76 Å².